The highest BCUT2D eigenvalue weighted by molar-refractivity contribution is 6.39. The first-order valence-corrected chi connectivity index (χ1v) is 5.85. The van der Waals surface area contributed by atoms with Gasteiger partial charge in [-0.1, -0.05) is 29.3 Å². The Hall–Kier alpha value is -1.63. The lowest BCUT2D eigenvalue weighted by Gasteiger charge is -2.11. The van der Waals surface area contributed by atoms with Crippen LogP contribution in [0.25, 0.3) is 11.1 Å². The van der Waals surface area contributed by atoms with Crippen molar-refractivity contribution in [3.63, 3.8) is 0 Å². The van der Waals surface area contributed by atoms with E-state index in [1.165, 1.54) is 6.20 Å². The molecule has 1 heterocycles. The Balaban J connectivity index is 2.75. The van der Waals surface area contributed by atoms with E-state index in [2.05, 4.69) is 4.98 Å². The van der Waals surface area contributed by atoms with Gasteiger partial charge in [-0.15, -0.1) is 0 Å². The van der Waals surface area contributed by atoms with Gasteiger partial charge >= 0.3 is 0 Å². The van der Waals surface area contributed by atoms with Crippen molar-refractivity contribution in [3.8, 4) is 17.2 Å². The van der Waals surface area contributed by atoms with Gasteiger partial charge in [0, 0.05) is 17.3 Å². The van der Waals surface area contributed by atoms with Crippen LogP contribution in [0.4, 0.5) is 4.39 Å². The van der Waals surface area contributed by atoms with Crippen LogP contribution in [-0.4, -0.2) is 4.98 Å². The summed E-state index contributed by atoms with van der Waals surface area (Å²) < 4.78 is 13.9. The number of pyridine rings is 1. The fourth-order valence-corrected chi connectivity index (χ4v) is 2.29. The van der Waals surface area contributed by atoms with Crippen molar-refractivity contribution in [1.82, 2.24) is 4.98 Å². The van der Waals surface area contributed by atoms with Crippen LogP contribution in [0.5, 0.6) is 0 Å². The van der Waals surface area contributed by atoms with Crippen molar-refractivity contribution in [2.24, 2.45) is 0 Å². The molecule has 0 radical (unpaired) electrons. The van der Waals surface area contributed by atoms with E-state index in [1.807, 2.05) is 6.07 Å². The maximum absolute atomic E-state index is 13.9. The van der Waals surface area contributed by atoms with Crippen molar-refractivity contribution in [2.45, 2.75) is 6.42 Å². The second-order valence-corrected chi connectivity index (χ2v) is 4.38. The predicted octanol–water partition coefficient (Wildman–Crippen LogP) is 4.26. The van der Waals surface area contributed by atoms with Crippen molar-refractivity contribution in [1.29, 1.82) is 5.26 Å². The smallest absolute Gasteiger partial charge is 0.221 e. The Kier molecular flexibility index (Phi) is 3.81. The molecule has 0 aliphatic heterocycles. The number of nitriles is 1. The van der Waals surface area contributed by atoms with Gasteiger partial charge in [0.25, 0.3) is 0 Å². The van der Waals surface area contributed by atoms with Crippen LogP contribution in [0.2, 0.25) is 10.0 Å². The van der Waals surface area contributed by atoms with Crippen LogP contribution in [0, 0.1) is 17.3 Å². The first kappa shape index (κ1) is 12.8. The van der Waals surface area contributed by atoms with Crippen LogP contribution >= 0.6 is 23.2 Å². The molecule has 1 aromatic carbocycles. The fourth-order valence-electron chi connectivity index (χ4n) is 1.71. The lowest BCUT2D eigenvalue weighted by molar-refractivity contribution is 0.586. The Morgan fingerprint density at radius 3 is 2.44 bits per heavy atom. The molecule has 0 saturated carbocycles. The summed E-state index contributed by atoms with van der Waals surface area (Å²) in [5.41, 5.74) is 1.08. The molecule has 2 aromatic rings. The average Bonchev–Trinajstić information content (AvgIpc) is 2.32. The maximum Gasteiger partial charge on any atom is 0.221 e. The SMILES string of the molecule is N#CCc1ccnc(F)c1-c1c(Cl)cccc1Cl. The van der Waals surface area contributed by atoms with Crippen LogP contribution in [-0.2, 0) is 6.42 Å². The van der Waals surface area contributed by atoms with E-state index in [0.717, 1.165) is 0 Å². The summed E-state index contributed by atoms with van der Waals surface area (Å²) in [6.45, 7) is 0. The van der Waals surface area contributed by atoms with Crippen molar-refractivity contribution < 1.29 is 4.39 Å². The summed E-state index contributed by atoms with van der Waals surface area (Å²) in [4.78, 5) is 3.59. The number of benzene rings is 1. The van der Waals surface area contributed by atoms with Gasteiger partial charge in [0.2, 0.25) is 5.95 Å². The van der Waals surface area contributed by atoms with E-state index in [4.69, 9.17) is 28.5 Å². The summed E-state index contributed by atoms with van der Waals surface area (Å²) in [6, 6.07) is 8.47. The first-order chi connectivity index (χ1) is 8.65. The second-order valence-electron chi connectivity index (χ2n) is 3.57. The highest BCUT2D eigenvalue weighted by Gasteiger charge is 2.17. The molecule has 0 amide bonds. The third kappa shape index (κ3) is 2.31. The number of rotatable bonds is 2. The molecule has 0 atom stereocenters. The fraction of sp³-hybridized carbons (Fsp3) is 0.0769. The van der Waals surface area contributed by atoms with Crippen LogP contribution in [0.15, 0.2) is 30.5 Å². The molecule has 0 fully saturated rings. The molecule has 0 saturated heterocycles. The predicted molar refractivity (Wildman–Crippen MR) is 69.0 cm³/mol. The molecule has 0 N–H and O–H groups in total. The second kappa shape index (κ2) is 5.34. The summed E-state index contributed by atoms with van der Waals surface area (Å²) in [7, 11) is 0. The molecule has 2 rings (SSSR count). The maximum atomic E-state index is 13.9. The lowest BCUT2D eigenvalue weighted by atomic mass is 10.00. The quantitative estimate of drug-likeness (QED) is 0.771. The first-order valence-electron chi connectivity index (χ1n) is 5.10. The molecule has 5 heteroatoms. The van der Waals surface area contributed by atoms with Crippen LogP contribution < -0.4 is 0 Å². The minimum Gasteiger partial charge on any atom is -0.228 e. The van der Waals surface area contributed by atoms with E-state index in [-0.39, 0.29) is 12.0 Å². The molecular formula is C13H7Cl2FN2. The Labute approximate surface area is 114 Å². The van der Waals surface area contributed by atoms with Gasteiger partial charge in [-0.3, -0.25) is 0 Å². The van der Waals surface area contributed by atoms with Gasteiger partial charge in [-0.2, -0.15) is 9.65 Å². The molecule has 90 valence electrons. The Morgan fingerprint density at radius 2 is 1.83 bits per heavy atom. The number of hydrogen-bond acceptors (Lipinski definition) is 2. The number of aromatic nitrogens is 1. The van der Waals surface area contributed by atoms with Gasteiger partial charge in [-0.05, 0) is 23.8 Å². The van der Waals surface area contributed by atoms with E-state index in [1.54, 1.807) is 24.3 Å². The van der Waals surface area contributed by atoms with Gasteiger partial charge in [-0.25, -0.2) is 4.98 Å². The Bertz CT molecular complexity index is 615. The van der Waals surface area contributed by atoms with E-state index >= 15 is 0 Å². The van der Waals surface area contributed by atoms with Gasteiger partial charge in [0.15, 0.2) is 0 Å². The molecule has 0 aliphatic rings. The largest absolute Gasteiger partial charge is 0.228 e. The van der Waals surface area contributed by atoms with E-state index in [9.17, 15) is 4.39 Å². The van der Waals surface area contributed by atoms with Gasteiger partial charge in [0.1, 0.15) is 0 Å². The number of hydrogen-bond donors (Lipinski definition) is 0. The molecular weight excluding hydrogens is 274 g/mol. The highest BCUT2D eigenvalue weighted by Crippen LogP contribution is 2.37. The van der Waals surface area contributed by atoms with E-state index < -0.39 is 5.95 Å². The normalized spacial score (nSPS) is 10.1. The molecule has 2 nitrogen and oxygen atoms in total. The monoisotopic (exact) mass is 280 g/mol. The van der Waals surface area contributed by atoms with Gasteiger partial charge < -0.3 is 0 Å². The molecule has 0 aliphatic carbocycles. The topological polar surface area (TPSA) is 36.7 Å². The third-order valence-electron chi connectivity index (χ3n) is 2.47. The zero-order chi connectivity index (χ0) is 13.1. The minimum absolute atomic E-state index is 0.0658. The molecule has 0 unspecified atom stereocenters. The van der Waals surface area contributed by atoms with Crippen molar-refractivity contribution in [3.05, 3.63) is 52.0 Å². The highest BCUT2D eigenvalue weighted by atomic mass is 35.5. The standard InChI is InChI=1S/C13H7Cl2FN2/c14-9-2-1-3-10(15)12(9)11-8(4-6-17)5-7-18-13(11)16/h1-3,5,7H,4H2. The minimum atomic E-state index is -0.683. The molecule has 1 aromatic heterocycles. The van der Waals surface area contributed by atoms with Crippen molar-refractivity contribution >= 4 is 23.2 Å². The number of halogens is 3. The van der Waals surface area contributed by atoms with E-state index in [0.29, 0.717) is 21.2 Å². The zero-order valence-corrected chi connectivity index (χ0v) is 10.6. The Morgan fingerprint density at radius 1 is 1.17 bits per heavy atom. The average molecular weight is 281 g/mol. The van der Waals surface area contributed by atoms with Crippen molar-refractivity contribution in [2.75, 3.05) is 0 Å². The molecule has 0 bridgehead atoms. The summed E-state index contributed by atoms with van der Waals surface area (Å²) >= 11 is 12.1. The zero-order valence-electron chi connectivity index (χ0n) is 9.12. The molecule has 18 heavy (non-hydrogen) atoms. The summed E-state index contributed by atoms with van der Waals surface area (Å²) in [5.74, 6) is -0.683. The molecule has 0 spiro atoms. The summed E-state index contributed by atoms with van der Waals surface area (Å²) in [5, 5.41) is 9.42. The van der Waals surface area contributed by atoms with Gasteiger partial charge in [0.05, 0.1) is 22.5 Å². The third-order valence-corrected chi connectivity index (χ3v) is 3.10. The lowest BCUT2D eigenvalue weighted by Crippen LogP contribution is -1.97. The summed E-state index contributed by atoms with van der Waals surface area (Å²) in [6.07, 6.45) is 1.38. The van der Waals surface area contributed by atoms with Crippen LogP contribution in [0.3, 0.4) is 0 Å². The number of nitrogens with zero attached hydrogens (tertiary/aromatic N) is 2. The van der Waals surface area contributed by atoms with Crippen LogP contribution in [0.1, 0.15) is 5.56 Å².